The van der Waals surface area contributed by atoms with E-state index in [-0.39, 0.29) is 0 Å². The molecule has 2 nitrogen and oxygen atoms in total. The Labute approximate surface area is 87.5 Å². The van der Waals surface area contributed by atoms with Crippen LogP contribution in [0.5, 0.6) is 0 Å². The molecule has 1 aromatic heterocycles. The van der Waals surface area contributed by atoms with Gasteiger partial charge in [-0.3, -0.25) is 4.98 Å². The molecule has 72 valence electrons. The minimum Gasteiger partial charge on any atom is -0.384 e. The van der Waals surface area contributed by atoms with Crippen molar-refractivity contribution in [1.82, 2.24) is 4.98 Å². The first-order chi connectivity index (χ1) is 6.24. The number of halogens is 1. The zero-order valence-corrected chi connectivity index (χ0v) is 9.54. The highest BCUT2D eigenvalue weighted by Gasteiger charge is 2.07. The van der Waals surface area contributed by atoms with Crippen LogP contribution in [-0.4, -0.2) is 23.5 Å². The van der Waals surface area contributed by atoms with E-state index in [4.69, 9.17) is 4.74 Å². The van der Waals surface area contributed by atoms with Crippen molar-refractivity contribution in [1.29, 1.82) is 0 Å². The number of rotatable bonds is 4. The average Bonchev–Trinajstić information content (AvgIpc) is 2.09. The van der Waals surface area contributed by atoms with Gasteiger partial charge in [-0.25, -0.2) is 0 Å². The zero-order valence-electron chi connectivity index (χ0n) is 7.96. The number of methoxy groups -OCH3 is 1. The maximum absolute atomic E-state index is 5.04. The molecule has 0 aromatic carbocycles. The fraction of sp³-hybridized carbons (Fsp3) is 0.500. The van der Waals surface area contributed by atoms with E-state index >= 15 is 0 Å². The standard InChI is InChI=1S/C10H14BrNO/c1-8-4-3-5-12-10(8)6-9(11)7-13-2/h3-5,9H,6-7H2,1-2H3. The largest absolute Gasteiger partial charge is 0.384 e. The van der Waals surface area contributed by atoms with Crippen molar-refractivity contribution in [3.63, 3.8) is 0 Å². The van der Waals surface area contributed by atoms with Gasteiger partial charge in [-0.1, -0.05) is 22.0 Å². The molecular weight excluding hydrogens is 230 g/mol. The van der Waals surface area contributed by atoms with E-state index in [1.54, 1.807) is 7.11 Å². The zero-order chi connectivity index (χ0) is 9.68. The van der Waals surface area contributed by atoms with Crippen LogP contribution in [0.3, 0.4) is 0 Å². The average molecular weight is 244 g/mol. The maximum atomic E-state index is 5.04. The second-order valence-corrected chi connectivity index (χ2v) is 4.32. The molecule has 0 spiro atoms. The molecule has 0 bridgehead atoms. The Hall–Kier alpha value is -0.410. The van der Waals surface area contributed by atoms with Gasteiger partial charge in [0.25, 0.3) is 0 Å². The van der Waals surface area contributed by atoms with Crippen LogP contribution in [0.15, 0.2) is 18.3 Å². The van der Waals surface area contributed by atoms with Gasteiger partial charge in [-0.05, 0) is 18.6 Å². The fourth-order valence-electron chi connectivity index (χ4n) is 1.18. The van der Waals surface area contributed by atoms with E-state index in [1.807, 2.05) is 12.3 Å². The third-order valence-corrected chi connectivity index (χ3v) is 2.47. The maximum Gasteiger partial charge on any atom is 0.0591 e. The number of ether oxygens (including phenoxy) is 1. The number of pyridine rings is 1. The van der Waals surface area contributed by atoms with Gasteiger partial charge in [-0.2, -0.15) is 0 Å². The van der Waals surface area contributed by atoms with Crippen LogP contribution in [0.2, 0.25) is 0 Å². The highest BCUT2D eigenvalue weighted by molar-refractivity contribution is 9.09. The van der Waals surface area contributed by atoms with E-state index in [9.17, 15) is 0 Å². The minimum atomic E-state index is 0.353. The van der Waals surface area contributed by atoms with Crippen molar-refractivity contribution in [3.05, 3.63) is 29.6 Å². The molecule has 3 heteroatoms. The number of alkyl halides is 1. The lowest BCUT2D eigenvalue weighted by Gasteiger charge is -2.09. The smallest absolute Gasteiger partial charge is 0.0591 e. The van der Waals surface area contributed by atoms with Crippen molar-refractivity contribution in [2.75, 3.05) is 13.7 Å². The molecule has 0 amide bonds. The van der Waals surface area contributed by atoms with Crippen molar-refractivity contribution >= 4 is 15.9 Å². The number of nitrogens with zero attached hydrogens (tertiary/aromatic N) is 1. The molecular formula is C10H14BrNO. The van der Waals surface area contributed by atoms with E-state index in [2.05, 4.69) is 33.9 Å². The summed E-state index contributed by atoms with van der Waals surface area (Å²) in [5.41, 5.74) is 2.38. The van der Waals surface area contributed by atoms with E-state index in [0.29, 0.717) is 4.83 Å². The van der Waals surface area contributed by atoms with Gasteiger partial charge in [0.2, 0.25) is 0 Å². The molecule has 1 rings (SSSR count). The molecule has 0 aliphatic rings. The molecule has 1 atom stereocenters. The number of aryl methyl sites for hydroxylation is 1. The van der Waals surface area contributed by atoms with E-state index in [0.717, 1.165) is 18.7 Å². The van der Waals surface area contributed by atoms with E-state index < -0.39 is 0 Å². The second-order valence-electron chi connectivity index (χ2n) is 3.02. The molecule has 0 N–H and O–H groups in total. The predicted octanol–water partition coefficient (Wildman–Crippen LogP) is 2.34. The quantitative estimate of drug-likeness (QED) is 0.758. The molecule has 1 aromatic rings. The topological polar surface area (TPSA) is 22.1 Å². The van der Waals surface area contributed by atoms with Crippen LogP contribution < -0.4 is 0 Å². The lowest BCUT2D eigenvalue weighted by molar-refractivity contribution is 0.200. The number of aromatic nitrogens is 1. The van der Waals surface area contributed by atoms with Gasteiger partial charge in [0.1, 0.15) is 0 Å². The molecule has 0 radical (unpaired) electrons. The van der Waals surface area contributed by atoms with Crippen LogP contribution in [0.25, 0.3) is 0 Å². The Morgan fingerprint density at radius 3 is 3.00 bits per heavy atom. The summed E-state index contributed by atoms with van der Waals surface area (Å²) in [6.07, 6.45) is 2.75. The van der Waals surface area contributed by atoms with Gasteiger partial charge in [-0.15, -0.1) is 0 Å². The summed E-state index contributed by atoms with van der Waals surface area (Å²) in [5, 5.41) is 0. The lowest BCUT2D eigenvalue weighted by atomic mass is 10.1. The normalized spacial score (nSPS) is 12.8. The molecule has 1 unspecified atom stereocenters. The SMILES string of the molecule is COCC(Br)Cc1ncccc1C. The first-order valence-electron chi connectivity index (χ1n) is 4.27. The summed E-state index contributed by atoms with van der Waals surface area (Å²) < 4.78 is 5.04. The third kappa shape index (κ3) is 3.44. The van der Waals surface area contributed by atoms with Gasteiger partial charge in [0.15, 0.2) is 0 Å². The third-order valence-electron chi connectivity index (χ3n) is 1.88. The molecule has 0 aliphatic carbocycles. The van der Waals surface area contributed by atoms with Gasteiger partial charge in [0, 0.05) is 30.2 Å². The van der Waals surface area contributed by atoms with Crippen LogP contribution >= 0.6 is 15.9 Å². The lowest BCUT2D eigenvalue weighted by Crippen LogP contribution is -2.11. The summed E-state index contributed by atoms with van der Waals surface area (Å²) in [6.45, 7) is 2.80. The van der Waals surface area contributed by atoms with Crippen molar-refractivity contribution in [3.8, 4) is 0 Å². The summed E-state index contributed by atoms with van der Waals surface area (Å²) >= 11 is 3.54. The van der Waals surface area contributed by atoms with Crippen molar-refractivity contribution < 1.29 is 4.74 Å². The molecule has 0 aliphatic heterocycles. The van der Waals surface area contributed by atoms with Crippen LogP contribution in [0.4, 0.5) is 0 Å². The Balaban J connectivity index is 2.58. The highest BCUT2D eigenvalue weighted by atomic mass is 79.9. The van der Waals surface area contributed by atoms with Crippen LogP contribution in [0.1, 0.15) is 11.3 Å². The molecule has 1 heterocycles. The van der Waals surface area contributed by atoms with E-state index in [1.165, 1.54) is 5.56 Å². The Morgan fingerprint density at radius 2 is 2.38 bits per heavy atom. The number of hydrogen-bond acceptors (Lipinski definition) is 2. The summed E-state index contributed by atoms with van der Waals surface area (Å²) in [6, 6.07) is 4.03. The summed E-state index contributed by atoms with van der Waals surface area (Å²) in [4.78, 5) is 4.67. The Kier molecular flexibility index (Phi) is 4.39. The molecule has 0 saturated heterocycles. The molecule has 13 heavy (non-hydrogen) atoms. The summed E-state index contributed by atoms with van der Waals surface area (Å²) in [5.74, 6) is 0. The Bertz CT molecular complexity index is 265. The second kappa shape index (κ2) is 5.35. The summed E-state index contributed by atoms with van der Waals surface area (Å²) in [7, 11) is 1.71. The fourth-order valence-corrected chi connectivity index (χ4v) is 1.75. The van der Waals surface area contributed by atoms with Crippen LogP contribution in [0, 0.1) is 6.92 Å². The van der Waals surface area contributed by atoms with Gasteiger partial charge in [0.05, 0.1) is 6.61 Å². The first kappa shape index (κ1) is 10.7. The van der Waals surface area contributed by atoms with Gasteiger partial charge >= 0.3 is 0 Å². The van der Waals surface area contributed by atoms with Crippen molar-refractivity contribution in [2.45, 2.75) is 18.2 Å². The van der Waals surface area contributed by atoms with Gasteiger partial charge < -0.3 is 4.74 Å². The minimum absolute atomic E-state index is 0.353. The first-order valence-corrected chi connectivity index (χ1v) is 5.19. The molecule has 0 fully saturated rings. The molecule has 0 saturated carbocycles. The highest BCUT2D eigenvalue weighted by Crippen LogP contribution is 2.11. The Morgan fingerprint density at radius 1 is 1.62 bits per heavy atom. The predicted molar refractivity (Wildman–Crippen MR) is 57.3 cm³/mol. The monoisotopic (exact) mass is 243 g/mol. The number of hydrogen-bond donors (Lipinski definition) is 0. The van der Waals surface area contributed by atoms with Crippen molar-refractivity contribution in [2.24, 2.45) is 0 Å². The van der Waals surface area contributed by atoms with Crippen LogP contribution in [-0.2, 0) is 11.2 Å².